The third-order valence-corrected chi connectivity index (χ3v) is 12.6. The smallest absolute Gasteiger partial charge is 0.317 e. The van der Waals surface area contributed by atoms with E-state index in [0.717, 1.165) is 57.7 Å². The van der Waals surface area contributed by atoms with E-state index in [4.69, 9.17) is 0 Å². The second-order valence-electron chi connectivity index (χ2n) is 13.7. The van der Waals surface area contributed by atoms with Gasteiger partial charge in [-0.3, -0.25) is 4.98 Å². The van der Waals surface area contributed by atoms with Crippen LogP contribution < -0.4 is 10.2 Å². The lowest BCUT2D eigenvalue weighted by molar-refractivity contribution is 0.0781. The molecule has 1 N–H and O–H groups in total. The molecular formula is C36H47N5O3S. The van der Waals surface area contributed by atoms with Crippen LogP contribution in [0.15, 0.2) is 88.9 Å². The first-order valence-corrected chi connectivity index (χ1v) is 17.9. The van der Waals surface area contributed by atoms with E-state index < -0.39 is 9.84 Å². The van der Waals surface area contributed by atoms with Crippen LogP contribution >= 0.6 is 0 Å². The Morgan fingerprint density at radius 1 is 0.911 bits per heavy atom. The number of likely N-dealkylation sites (tertiary alicyclic amines) is 1. The van der Waals surface area contributed by atoms with Crippen LogP contribution in [-0.2, 0) is 15.3 Å². The van der Waals surface area contributed by atoms with Gasteiger partial charge in [0.25, 0.3) is 0 Å². The Bertz CT molecular complexity index is 1540. The largest absolute Gasteiger partial charge is 0.371 e. The standard InChI is InChI=1S/C36H47N5O3S/c1-36(28-8-5-4-6-9-28,33-10-7-11-34(33)38-35(42)39(2)3)29-18-22-40(23-19-29)24-27-25-41(26-27)30-12-14-31(15-13-30)45(43,44)32-16-20-37-21-17-32/h4-6,8-9,12-17,20-21,27,29,33-34H,7,10-11,18-19,22-26H2,1-3H3,(H,38,42)/t33-,34-,36?/m1/s1. The van der Waals surface area contributed by atoms with E-state index in [2.05, 4.69) is 57.4 Å². The fraction of sp³-hybridized carbons (Fsp3) is 0.500. The number of pyridine rings is 1. The molecule has 3 atom stereocenters. The van der Waals surface area contributed by atoms with E-state index in [1.807, 2.05) is 26.2 Å². The zero-order valence-corrected chi connectivity index (χ0v) is 27.6. The van der Waals surface area contributed by atoms with Crippen LogP contribution in [0.5, 0.6) is 0 Å². The number of piperidine rings is 1. The van der Waals surface area contributed by atoms with Crippen LogP contribution in [0, 0.1) is 17.8 Å². The number of hydrogen-bond acceptors (Lipinski definition) is 6. The minimum atomic E-state index is -3.54. The molecule has 0 bridgehead atoms. The van der Waals surface area contributed by atoms with Crippen molar-refractivity contribution < 1.29 is 13.2 Å². The van der Waals surface area contributed by atoms with Crippen LogP contribution in [0.25, 0.3) is 0 Å². The van der Waals surface area contributed by atoms with Crippen LogP contribution in [-0.4, -0.2) is 82.1 Å². The predicted octanol–water partition coefficient (Wildman–Crippen LogP) is 5.46. The molecule has 2 aliphatic heterocycles. The minimum absolute atomic E-state index is 0.0117. The number of carbonyl (C=O) groups is 1. The van der Waals surface area contributed by atoms with Crippen molar-refractivity contribution >= 4 is 21.6 Å². The molecule has 0 spiro atoms. The normalized spacial score (nSPS) is 22.9. The van der Waals surface area contributed by atoms with Gasteiger partial charge in [-0.05, 0) is 92.6 Å². The first-order chi connectivity index (χ1) is 21.7. The number of aromatic nitrogens is 1. The van der Waals surface area contributed by atoms with Crippen molar-refractivity contribution in [1.82, 2.24) is 20.1 Å². The quantitative estimate of drug-likeness (QED) is 0.339. The highest BCUT2D eigenvalue weighted by Gasteiger charge is 2.49. The summed E-state index contributed by atoms with van der Waals surface area (Å²) in [5, 5.41) is 3.37. The number of rotatable bonds is 9. The fourth-order valence-electron chi connectivity index (χ4n) is 8.15. The first kappa shape index (κ1) is 31.5. The average Bonchev–Trinajstić information content (AvgIpc) is 3.52. The summed E-state index contributed by atoms with van der Waals surface area (Å²) in [6, 6.07) is 21.6. The van der Waals surface area contributed by atoms with Crippen molar-refractivity contribution in [3.05, 3.63) is 84.7 Å². The molecule has 3 aliphatic rings. The number of nitrogens with zero attached hydrogens (tertiary/aromatic N) is 4. The summed E-state index contributed by atoms with van der Waals surface area (Å²) in [6.45, 7) is 7.77. The Balaban J connectivity index is 1.05. The molecule has 9 heteroatoms. The van der Waals surface area contributed by atoms with Crippen molar-refractivity contribution in [2.75, 3.05) is 51.7 Å². The molecule has 2 aromatic carbocycles. The maximum Gasteiger partial charge on any atom is 0.317 e. The molecule has 1 unspecified atom stereocenters. The summed E-state index contributed by atoms with van der Waals surface area (Å²) >= 11 is 0. The third-order valence-electron chi connectivity index (χ3n) is 10.8. The number of benzene rings is 2. The summed E-state index contributed by atoms with van der Waals surface area (Å²) in [6.07, 6.45) is 8.70. The van der Waals surface area contributed by atoms with Gasteiger partial charge >= 0.3 is 6.03 Å². The van der Waals surface area contributed by atoms with Crippen LogP contribution in [0.1, 0.15) is 44.6 Å². The highest BCUT2D eigenvalue weighted by atomic mass is 32.2. The monoisotopic (exact) mass is 629 g/mol. The molecule has 1 aromatic heterocycles. The van der Waals surface area contributed by atoms with Gasteiger partial charge in [0, 0.05) is 69.2 Å². The lowest BCUT2D eigenvalue weighted by atomic mass is 9.59. The Kier molecular flexibility index (Phi) is 9.20. The summed E-state index contributed by atoms with van der Waals surface area (Å²) in [7, 11) is 0.103. The second-order valence-corrected chi connectivity index (χ2v) is 15.6. The summed E-state index contributed by atoms with van der Waals surface area (Å²) in [5.74, 6) is 1.60. The highest BCUT2D eigenvalue weighted by molar-refractivity contribution is 7.91. The number of hydrogen-bond donors (Lipinski definition) is 1. The average molecular weight is 630 g/mol. The number of carbonyl (C=O) groups excluding carboxylic acids is 1. The number of amides is 2. The third kappa shape index (κ3) is 6.47. The Hall–Kier alpha value is -3.43. The van der Waals surface area contributed by atoms with E-state index in [1.165, 1.54) is 42.9 Å². The van der Waals surface area contributed by atoms with Crippen molar-refractivity contribution in [2.24, 2.45) is 17.8 Å². The van der Waals surface area contributed by atoms with Crippen LogP contribution in [0.2, 0.25) is 0 Å². The molecule has 8 nitrogen and oxygen atoms in total. The Morgan fingerprint density at radius 2 is 1.56 bits per heavy atom. The molecule has 45 heavy (non-hydrogen) atoms. The van der Waals surface area contributed by atoms with Crippen molar-refractivity contribution in [2.45, 2.75) is 60.3 Å². The predicted molar refractivity (Wildman–Crippen MR) is 178 cm³/mol. The molecule has 2 amide bonds. The highest BCUT2D eigenvalue weighted by Crippen LogP contribution is 2.50. The molecule has 3 aromatic rings. The van der Waals surface area contributed by atoms with Crippen molar-refractivity contribution in [3.8, 4) is 0 Å². The maximum atomic E-state index is 12.9. The van der Waals surface area contributed by atoms with E-state index in [-0.39, 0.29) is 22.4 Å². The van der Waals surface area contributed by atoms with Crippen molar-refractivity contribution in [1.29, 1.82) is 0 Å². The lowest BCUT2D eigenvalue weighted by Gasteiger charge is -2.50. The molecule has 3 heterocycles. The molecule has 6 rings (SSSR count). The summed E-state index contributed by atoms with van der Waals surface area (Å²) in [5.41, 5.74) is 2.50. The zero-order valence-electron chi connectivity index (χ0n) is 26.8. The van der Waals surface area contributed by atoms with Gasteiger partial charge in [-0.2, -0.15) is 0 Å². The number of nitrogens with one attached hydrogen (secondary N) is 1. The number of sulfone groups is 1. The molecule has 0 radical (unpaired) electrons. The molecular weight excluding hydrogens is 582 g/mol. The second kappa shape index (κ2) is 13.1. The van der Waals surface area contributed by atoms with Gasteiger partial charge in [-0.25, -0.2) is 13.2 Å². The molecule has 1 saturated carbocycles. The van der Waals surface area contributed by atoms with Crippen molar-refractivity contribution in [3.63, 3.8) is 0 Å². The van der Waals surface area contributed by atoms with E-state index in [9.17, 15) is 13.2 Å². The van der Waals surface area contributed by atoms with Gasteiger partial charge < -0.3 is 20.0 Å². The van der Waals surface area contributed by atoms with Gasteiger partial charge in [0.2, 0.25) is 9.84 Å². The molecule has 2 saturated heterocycles. The maximum absolute atomic E-state index is 12.9. The molecule has 1 aliphatic carbocycles. The zero-order chi connectivity index (χ0) is 31.6. The number of anilines is 1. The Morgan fingerprint density at radius 3 is 2.20 bits per heavy atom. The first-order valence-electron chi connectivity index (χ1n) is 16.4. The van der Waals surface area contributed by atoms with E-state index in [0.29, 0.717) is 22.6 Å². The molecule has 240 valence electrons. The van der Waals surface area contributed by atoms with Gasteiger partial charge in [0.1, 0.15) is 0 Å². The van der Waals surface area contributed by atoms with Gasteiger partial charge in [-0.15, -0.1) is 0 Å². The fourth-order valence-corrected chi connectivity index (χ4v) is 9.40. The minimum Gasteiger partial charge on any atom is -0.371 e. The Labute approximate surface area is 268 Å². The summed E-state index contributed by atoms with van der Waals surface area (Å²) < 4.78 is 25.9. The van der Waals surface area contributed by atoms with Gasteiger partial charge in [-0.1, -0.05) is 43.7 Å². The van der Waals surface area contributed by atoms with E-state index in [1.54, 1.807) is 17.0 Å². The van der Waals surface area contributed by atoms with Crippen LogP contribution in [0.4, 0.5) is 10.5 Å². The van der Waals surface area contributed by atoms with E-state index >= 15 is 0 Å². The van der Waals surface area contributed by atoms with Gasteiger partial charge in [0.15, 0.2) is 0 Å². The number of urea groups is 1. The molecule has 3 fully saturated rings. The van der Waals surface area contributed by atoms with Crippen LogP contribution in [0.3, 0.4) is 0 Å². The SMILES string of the molecule is CN(C)C(=O)N[C@@H]1CCC[C@H]1C(C)(c1ccccc1)C1CCN(CC2CN(c3ccc(S(=O)(=O)c4ccncc4)cc3)C2)CC1. The topological polar surface area (TPSA) is 85.9 Å². The lowest BCUT2D eigenvalue weighted by Crippen LogP contribution is -2.55. The van der Waals surface area contributed by atoms with Gasteiger partial charge in [0.05, 0.1) is 9.79 Å². The summed E-state index contributed by atoms with van der Waals surface area (Å²) in [4.78, 5) is 23.8.